The molecule has 0 spiro atoms. The van der Waals surface area contributed by atoms with E-state index in [1.54, 1.807) is 0 Å². The van der Waals surface area contributed by atoms with E-state index in [0.29, 0.717) is 12.1 Å². The first-order valence-corrected chi connectivity index (χ1v) is 6.17. The molecule has 2 nitrogen and oxygen atoms in total. The minimum Gasteiger partial charge on any atom is -0.377 e. The third-order valence-corrected chi connectivity index (χ3v) is 3.63. The zero-order valence-electron chi connectivity index (χ0n) is 9.46. The van der Waals surface area contributed by atoms with Crippen molar-refractivity contribution < 1.29 is 4.74 Å². The second kappa shape index (κ2) is 4.63. The molecule has 1 aliphatic carbocycles. The SMILES string of the molecule is CCC(CC1CC1)NC1CCOC1C. The molecule has 2 rings (SSSR count). The molecule has 1 N–H and O–H groups in total. The maximum Gasteiger partial charge on any atom is 0.0700 e. The minimum atomic E-state index is 0.420. The molecular formula is C12H23NO. The van der Waals surface area contributed by atoms with Crippen LogP contribution in [0.5, 0.6) is 0 Å². The number of ether oxygens (including phenoxy) is 1. The molecule has 1 heterocycles. The van der Waals surface area contributed by atoms with Crippen molar-refractivity contribution in [3.8, 4) is 0 Å². The van der Waals surface area contributed by atoms with E-state index < -0.39 is 0 Å². The first-order chi connectivity index (χ1) is 6.79. The normalized spacial score (nSPS) is 34.7. The maximum absolute atomic E-state index is 5.57. The lowest BCUT2D eigenvalue weighted by molar-refractivity contribution is 0.110. The topological polar surface area (TPSA) is 21.3 Å². The highest BCUT2D eigenvalue weighted by Crippen LogP contribution is 2.34. The molecule has 3 unspecified atom stereocenters. The van der Waals surface area contributed by atoms with Crippen molar-refractivity contribution in [2.45, 2.75) is 64.1 Å². The average Bonchev–Trinajstić information content (AvgIpc) is 2.90. The van der Waals surface area contributed by atoms with Crippen molar-refractivity contribution in [1.29, 1.82) is 0 Å². The Morgan fingerprint density at radius 3 is 2.64 bits per heavy atom. The molecule has 1 aliphatic heterocycles. The van der Waals surface area contributed by atoms with Gasteiger partial charge in [0.15, 0.2) is 0 Å². The van der Waals surface area contributed by atoms with Crippen LogP contribution in [0.3, 0.4) is 0 Å². The molecule has 2 aliphatic rings. The molecule has 2 heteroatoms. The van der Waals surface area contributed by atoms with Crippen molar-refractivity contribution in [1.82, 2.24) is 5.32 Å². The number of nitrogens with one attached hydrogen (secondary N) is 1. The highest BCUT2D eigenvalue weighted by Gasteiger charge is 2.29. The lowest BCUT2D eigenvalue weighted by Crippen LogP contribution is -2.42. The van der Waals surface area contributed by atoms with Gasteiger partial charge in [-0.25, -0.2) is 0 Å². The fraction of sp³-hybridized carbons (Fsp3) is 1.00. The summed E-state index contributed by atoms with van der Waals surface area (Å²) >= 11 is 0. The summed E-state index contributed by atoms with van der Waals surface area (Å²) in [6.45, 7) is 5.42. The molecule has 2 fully saturated rings. The predicted octanol–water partition coefficient (Wildman–Crippen LogP) is 2.33. The summed E-state index contributed by atoms with van der Waals surface area (Å²) in [6.07, 6.45) is 7.20. The van der Waals surface area contributed by atoms with Crippen LogP contribution in [0, 0.1) is 5.92 Å². The molecule has 1 saturated carbocycles. The van der Waals surface area contributed by atoms with Gasteiger partial charge in [0.25, 0.3) is 0 Å². The summed E-state index contributed by atoms with van der Waals surface area (Å²) in [5, 5.41) is 3.76. The third-order valence-electron chi connectivity index (χ3n) is 3.63. The highest BCUT2D eigenvalue weighted by atomic mass is 16.5. The minimum absolute atomic E-state index is 0.420. The van der Waals surface area contributed by atoms with E-state index in [9.17, 15) is 0 Å². The van der Waals surface area contributed by atoms with Gasteiger partial charge in [-0.15, -0.1) is 0 Å². The molecule has 1 saturated heterocycles. The number of rotatable bonds is 5. The summed E-state index contributed by atoms with van der Waals surface area (Å²) in [5.41, 5.74) is 0. The van der Waals surface area contributed by atoms with Crippen molar-refractivity contribution >= 4 is 0 Å². The smallest absolute Gasteiger partial charge is 0.0700 e. The van der Waals surface area contributed by atoms with E-state index in [1.807, 2.05) is 0 Å². The van der Waals surface area contributed by atoms with Crippen molar-refractivity contribution in [2.75, 3.05) is 6.61 Å². The van der Waals surface area contributed by atoms with Crippen LogP contribution in [0.1, 0.15) is 46.0 Å². The van der Waals surface area contributed by atoms with Crippen molar-refractivity contribution in [3.63, 3.8) is 0 Å². The van der Waals surface area contributed by atoms with Crippen LogP contribution in [-0.2, 0) is 4.74 Å². The van der Waals surface area contributed by atoms with Gasteiger partial charge in [0.05, 0.1) is 6.10 Å². The van der Waals surface area contributed by atoms with Crippen LogP contribution < -0.4 is 5.32 Å². The summed E-state index contributed by atoms with van der Waals surface area (Å²) in [4.78, 5) is 0. The standard InChI is InChI=1S/C12H23NO/c1-3-11(8-10-4-5-10)13-12-6-7-14-9(12)2/h9-13H,3-8H2,1-2H3. The first-order valence-electron chi connectivity index (χ1n) is 6.17. The van der Waals surface area contributed by atoms with Gasteiger partial charge in [0, 0.05) is 18.7 Å². The Kier molecular flexibility index (Phi) is 3.45. The lowest BCUT2D eigenvalue weighted by Gasteiger charge is -2.23. The Morgan fingerprint density at radius 2 is 2.14 bits per heavy atom. The summed E-state index contributed by atoms with van der Waals surface area (Å²) in [7, 11) is 0. The highest BCUT2D eigenvalue weighted by molar-refractivity contribution is 4.85. The molecule has 0 aromatic heterocycles. The van der Waals surface area contributed by atoms with Gasteiger partial charge >= 0.3 is 0 Å². The van der Waals surface area contributed by atoms with Crippen LogP contribution in [0.15, 0.2) is 0 Å². The molecule has 0 radical (unpaired) electrons. The fourth-order valence-corrected chi connectivity index (χ4v) is 2.36. The maximum atomic E-state index is 5.57. The largest absolute Gasteiger partial charge is 0.377 e. The second-order valence-corrected chi connectivity index (χ2v) is 4.92. The van der Waals surface area contributed by atoms with Crippen molar-refractivity contribution in [2.24, 2.45) is 5.92 Å². The van der Waals surface area contributed by atoms with E-state index >= 15 is 0 Å². The van der Waals surface area contributed by atoms with Crippen LogP contribution in [-0.4, -0.2) is 24.8 Å². The molecule has 0 amide bonds. The zero-order valence-corrected chi connectivity index (χ0v) is 9.46. The van der Waals surface area contributed by atoms with E-state index in [1.165, 1.54) is 32.1 Å². The van der Waals surface area contributed by atoms with Gasteiger partial charge in [-0.3, -0.25) is 0 Å². The van der Waals surface area contributed by atoms with E-state index in [2.05, 4.69) is 19.2 Å². The fourth-order valence-electron chi connectivity index (χ4n) is 2.36. The van der Waals surface area contributed by atoms with Crippen LogP contribution in [0.4, 0.5) is 0 Å². The summed E-state index contributed by atoms with van der Waals surface area (Å²) in [5.74, 6) is 1.03. The number of hydrogen-bond donors (Lipinski definition) is 1. The Balaban J connectivity index is 1.74. The van der Waals surface area contributed by atoms with E-state index in [4.69, 9.17) is 4.74 Å². The molecule has 82 valence electrons. The second-order valence-electron chi connectivity index (χ2n) is 4.92. The average molecular weight is 197 g/mol. The van der Waals surface area contributed by atoms with Gasteiger partial charge in [-0.1, -0.05) is 19.8 Å². The Hall–Kier alpha value is -0.0800. The van der Waals surface area contributed by atoms with E-state index in [0.717, 1.165) is 18.6 Å². The van der Waals surface area contributed by atoms with Gasteiger partial charge < -0.3 is 10.1 Å². The molecule has 14 heavy (non-hydrogen) atoms. The Bertz CT molecular complexity index is 179. The monoisotopic (exact) mass is 197 g/mol. The predicted molar refractivity (Wildman–Crippen MR) is 58.4 cm³/mol. The lowest BCUT2D eigenvalue weighted by atomic mass is 10.0. The van der Waals surface area contributed by atoms with Gasteiger partial charge in [0.1, 0.15) is 0 Å². The van der Waals surface area contributed by atoms with Gasteiger partial charge in [0.2, 0.25) is 0 Å². The van der Waals surface area contributed by atoms with Crippen LogP contribution >= 0.6 is 0 Å². The van der Waals surface area contributed by atoms with Crippen molar-refractivity contribution in [3.05, 3.63) is 0 Å². The molecular weight excluding hydrogens is 174 g/mol. The van der Waals surface area contributed by atoms with Crippen LogP contribution in [0.25, 0.3) is 0 Å². The van der Waals surface area contributed by atoms with Gasteiger partial charge in [-0.05, 0) is 32.1 Å². The molecule has 0 aromatic rings. The zero-order chi connectivity index (χ0) is 9.97. The summed E-state index contributed by atoms with van der Waals surface area (Å²) < 4.78 is 5.57. The molecule has 0 bridgehead atoms. The first kappa shape index (κ1) is 10.4. The Labute approximate surface area is 87.4 Å². The Morgan fingerprint density at radius 1 is 1.36 bits per heavy atom. The summed E-state index contributed by atoms with van der Waals surface area (Å²) in [6, 6.07) is 1.34. The van der Waals surface area contributed by atoms with E-state index in [-0.39, 0.29) is 0 Å². The molecule has 3 atom stereocenters. The van der Waals surface area contributed by atoms with Crippen LogP contribution in [0.2, 0.25) is 0 Å². The number of hydrogen-bond acceptors (Lipinski definition) is 2. The third kappa shape index (κ3) is 2.71. The molecule has 0 aromatic carbocycles. The quantitative estimate of drug-likeness (QED) is 0.730. The van der Waals surface area contributed by atoms with Gasteiger partial charge in [-0.2, -0.15) is 0 Å².